The lowest BCUT2D eigenvalue weighted by Crippen LogP contribution is -2.31. The van der Waals surface area contributed by atoms with Crippen LogP contribution in [0.5, 0.6) is 5.75 Å². The smallest absolute Gasteiger partial charge is 0.242 e. The number of nitrogens with one attached hydrogen (secondary N) is 1. The molecule has 1 N–H and O–H groups in total. The standard InChI is InChI=1S/C17H20ClNO4S/c1-12-7-8-15(18)17(9-12)24(20,21)19-16(11-22-2)13-5-4-6-14(10-13)23-3/h4-10,16,19H,11H2,1-3H3. The van der Waals surface area contributed by atoms with E-state index in [4.69, 9.17) is 21.1 Å². The van der Waals surface area contributed by atoms with Crippen molar-refractivity contribution >= 4 is 21.6 Å². The highest BCUT2D eigenvalue weighted by Gasteiger charge is 2.24. The minimum absolute atomic E-state index is 0.0492. The average Bonchev–Trinajstić information content (AvgIpc) is 2.56. The van der Waals surface area contributed by atoms with Crippen LogP contribution < -0.4 is 9.46 Å². The van der Waals surface area contributed by atoms with Gasteiger partial charge in [-0.25, -0.2) is 13.1 Å². The summed E-state index contributed by atoms with van der Waals surface area (Å²) >= 11 is 6.06. The highest BCUT2D eigenvalue weighted by molar-refractivity contribution is 7.89. The van der Waals surface area contributed by atoms with Gasteiger partial charge in [0.15, 0.2) is 0 Å². The lowest BCUT2D eigenvalue weighted by Gasteiger charge is -2.19. The number of hydrogen-bond donors (Lipinski definition) is 1. The first kappa shape index (κ1) is 18.7. The lowest BCUT2D eigenvalue weighted by molar-refractivity contribution is 0.175. The Labute approximate surface area is 147 Å². The topological polar surface area (TPSA) is 64.6 Å². The zero-order chi connectivity index (χ0) is 17.7. The van der Waals surface area contributed by atoms with Crippen LogP contribution in [0.15, 0.2) is 47.4 Å². The molecule has 0 aliphatic rings. The summed E-state index contributed by atoms with van der Waals surface area (Å²) in [5.74, 6) is 0.640. The quantitative estimate of drug-likeness (QED) is 0.813. The van der Waals surface area contributed by atoms with E-state index in [1.807, 2.05) is 13.0 Å². The summed E-state index contributed by atoms with van der Waals surface area (Å²) in [7, 11) is -0.734. The lowest BCUT2D eigenvalue weighted by atomic mass is 10.1. The van der Waals surface area contributed by atoms with Crippen LogP contribution in [0.3, 0.4) is 0 Å². The number of sulfonamides is 1. The van der Waals surface area contributed by atoms with E-state index in [0.29, 0.717) is 5.75 Å². The molecule has 130 valence electrons. The highest BCUT2D eigenvalue weighted by Crippen LogP contribution is 2.26. The van der Waals surface area contributed by atoms with Crippen LogP contribution in [0.1, 0.15) is 17.2 Å². The van der Waals surface area contributed by atoms with Gasteiger partial charge in [0.25, 0.3) is 0 Å². The summed E-state index contributed by atoms with van der Waals surface area (Å²) in [6.07, 6.45) is 0. The van der Waals surface area contributed by atoms with Gasteiger partial charge in [-0.05, 0) is 42.3 Å². The number of methoxy groups -OCH3 is 2. The molecule has 2 aromatic rings. The van der Waals surface area contributed by atoms with E-state index in [1.165, 1.54) is 7.11 Å². The SMILES string of the molecule is COCC(NS(=O)(=O)c1cc(C)ccc1Cl)c1cccc(OC)c1. The van der Waals surface area contributed by atoms with Gasteiger partial charge in [-0.15, -0.1) is 0 Å². The van der Waals surface area contributed by atoms with E-state index < -0.39 is 16.1 Å². The molecule has 0 bridgehead atoms. The normalized spacial score (nSPS) is 12.8. The number of halogens is 1. The van der Waals surface area contributed by atoms with Gasteiger partial charge in [-0.2, -0.15) is 0 Å². The zero-order valence-electron chi connectivity index (χ0n) is 13.7. The maximum atomic E-state index is 12.7. The summed E-state index contributed by atoms with van der Waals surface area (Å²) in [4.78, 5) is 0.0492. The van der Waals surface area contributed by atoms with Gasteiger partial charge < -0.3 is 9.47 Å². The van der Waals surface area contributed by atoms with Crippen LogP contribution >= 0.6 is 11.6 Å². The molecule has 0 saturated heterocycles. The number of ether oxygens (including phenoxy) is 2. The number of rotatable bonds is 7. The Morgan fingerprint density at radius 2 is 1.92 bits per heavy atom. The van der Waals surface area contributed by atoms with Crippen LogP contribution in [-0.4, -0.2) is 29.2 Å². The third-order valence-electron chi connectivity index (χ3n) is 3.50. The molecule has 0 heterocycles. The zero-order valence-corrected chi connectivity index (χ0v) is 15.3. The van der Waals surface area contributed by atoms with Gasteiger partial charge in [0.2, 0.25) is 10.0 Å². The first-order chi connectivity index (χ1) is 11.4. The van der Waals surface area contributed by atoms with Crippen LogP contribution in [0.2, 0.25) is 5.02 Å². The number of aryl methyl sites for hydroxylation is 1. The summed E-state index contributed by atoms with van der Waals surface area (Å²) in [5, 5.41) is 0.176. The van der Waals surface area contributed by atoms with Crippen molar-refractivity contribution in [3.63, 3.8) is 0 Å². The molecule has 0 spiro atoms. The van der Waals surface area contributed by atoms with Crippen LogP contribution in [0.4, 0.5) is 0 Å². The molecule has 24 heavy (non-hydrogen) atoms. The second-order valence-corrected chi connectivity index (χ2v) is 7.43. The molecule has 0 radical (unpaired) electrons. The Bertz CT molecular complexity index is 808. The van der Waals surface area contributed by atoms with Gasteiger partial charge in [-0.3, -0.25) is 0 Å². The molecule has 0 aliphatic heterocycles. The van der Waals surface area contributed by atoms with E-state index in [1.54, 1.807) is 43.5 Å². The van der Waals surface area contributed by atoms with Crippen molar-refractivity contribution in [1.29, 1.82) is 0 Å². The van der Waals surface area contributed by atoms with Gasteiger partial charge in [0.05, 0.1) is 24.8 Å². The third kappa shape index (κ3) is 4.48. The van der Waals surface area contributed by atoms with Gasteiger partial charge in [-0.1, -0.05) is 29.8 Å². The molecule has 2 aromatic carbocycles. The van der Waals surface area contributed by atoms with Crippen molar-refractivity contribution in [3.05, 3.63) is 58.6 Å². The fourth-order valence-corrected chi connectivity index (χ4v) is 4.08. The monoisotopic (exact) mass is 369 g/mol. The highest BCUT2D eigenvalue weighted by atomic mass is 35.5. The van der Waals surface area contributed by atoms with Crippen molar-refractivity contribution < 1.29 is 17.9 Å². The molecule has 1 unspecified atom stereocenters. The molecular formula is C17H20ClNO4S. The predicted molar refractivity (Wildman–Crippen MR) is 94.1 cm³/mol. The largest absolute Gasteiger partial charge is 0.497 e. The molecule has 5 nitrogen and oxygen atoms in total. The average molecular weight is 370 g/mol. The van der Waals surface area contributed by atoms with Crippen LogP contribution in [-0.2, 0) is 14.8 Å². The first-order valence-electron chi connectivity index (χ1n) is 7.28. The van der Waals surface area contributed by atoms with E-state index in [0.717, 1.165) is 11.1 Å². The Hall–Kier alpha value is -1.60. The molecule has 0 aliphatic carbocycles. The number of benzene rings is 2. The van der Waals surface area contributed by atoms with E-state index in [2.05, 4.69) is 4.72 Å². The van der Waals surface area contributed by atoms with Crippen molar-refractivity contribution in [2.75, 3.05) is 20.8 Å². The Morgan fingerprint density at radius 3 is 2.58 bits per heavy atom. The second kappa shape index (κ2) is 7.98. The second-order valence-electron chi connectivity index (χ2n) is 5.34. The Kier molecular flexibility index (Phi) is 6.23. The van der Waals surface area contributed by atoms with Gasteiger partial charge in [0.1, 0.15) is 10.6 Å². The fraction of sp³-hybridized carbons (Fsp3) is 0.294. The molecule has 0 saturated carbocycles. The van der Waals surface area contributed by atoms with E-state index in [9.17, 15) is 8.42 Å². The van der Waals surface area contributed by atoms with Crippen molar-refractivity contribution in [2.24, 2.45) is 0 Å². The molecule has 0 fully saturated rings. The molecule has 7 heteroatoms. The predicted octanol–water partition coefficient (Wildman–Crippen LogP) is 3.32. The number of hydrogen-bond acceptors (Lipinski definition) is 4. The first-order valence-corrected chi connectivity index (χ1v) is 9.15. The summed E-state index contributed by atoms with van der Waals surface area (Å²) in [6.45, 7) is 1.99. The van der Waals surface area contributed by atoms with Gasteiger partial charge >= 0.3 is 0 Å². The van der Waals surface area contributed by atoms with Crippen LogP contribution in [0.25, 0.3) is 0 Å². The van der Waals surface area contributed by atoms with Crippen LogP contribution in [0, 0.1) is 6.92 Å². The third-order valence-corrected chi connectivity index (χ3v) is 5.46. The Morgan fingerprint density at radius 1 is 1.17 bits per heavy atom. The van der Waals surface area contributed by atoms with E-state index >= 15 is 0 Å². The van der Waals surface area contributed by atoms with E-state index in [-0.39, 0.29) is 16.5 Å². The minimum Gasteiger partial charge on any atom is -0.497 e. The Balaban J connectivity index is 2.37. The molecule has 1 atom stereocenters. The summed E-state index contributed by atoms with van der Waals surface area (Å²) in [6, 6.07) is 11.5. The minimum atomic E-state index is -3.81. The molecule has 0 aromatic heterocycles. The maximum absolute atomic E-state index is 12.7. The van der Waals surface area contributed by atoms with Crippen molar-refractivity contribution in [3.8, 4) is 5.75 Å². The van der Waals surface area contributed by atoms with Crippen molar-refractivity contribution in [2.45, 2.75) is 17.9 Å². The summed E-state index contributed by atoms with van der Waals surface area (Å²) < 4.78 is 38.5. The fourth-order valence-electron chi connectivity index (χ4n) is 2.29. The molecular weight excluding hydrogens is 350 g/mol. The molecule has 0 amide bonds. The summed E-state index contributed by atoms with van der Waals surface area (Å²) in [5.41, 5.74) is 1.55. The molecule has 2 rings (SSSR count). The van der Waals surface area contributed by atoms with Crippen molar-refractivity contribution in [1.82, 2.24) is 4.72 Å². The van der Waals surface area contributed by atoms with Gasteiger partial charge in [0, 0.05) is 7.11 Å². The maximum Gasteiger partial charge on any atom is 0.242 e.